The Morgan fingerprint density at radius 3 is 2.50 bits per heavy atom. The first-order valence-electron chi connectivity index (χ1n) is 7.32. The number of aryl methyl sites for hydroxylation is 1. The number of imidazole rings is 1. The van der Waals surface area contributed by atoms with Gasteiger partial charge >= 0.3 is 0 Å². The second kappa shape index (κ2) is 6.71. The molecule has 3 nitrogen and oxygen atoms in total. The highest BCUT2D eigenvalue weighted by Crippen LogP contribution is 2.26. The zero-order valence-electron chi connectivity index (χ0n) is 12.9. The Morgan fingerprint density at radius 1 is 1.20 bits per heavy atom. The van der Waals surface area contributed by atoms with Gasteiger partial charge in [-0.2, -0.15) is 0 Å². The first kappa shape index (κ1) is 14.8. The molecule has 0 amide bonds. The van der Waals surface area contributed by atoms with Crippen LogP contribution in [-0.4, -0.2) is 16.2 Å². The van der Waals surface area contributed by atoms with Crippen molar-refractivity contribution in [1.29, 1.82) is 0 Å². The summed E-state index contributed by atoms with van der Waals surface area (Å²) in [5.74, 6) is 1.60. The molecular weight excluding hydrogens is 248 g/mol. The highest BCUT2D eigenvalue weighted by molar-refractivity contribution is 5.62. The smallest absolute Gasteiger partial charge is 0.135 e. The number of benzene rings is 1. The van der Waals surface area contributed by atoms with Gasteiger partial charge in [-0.05, 0) is 19.8 Å². The Kier molecular flexibility index (Phi) is 4.96. The molecule has 0 unspecified atom stereocenters. The van der Waals surface area contributed by atoms with Gasteiger partial charge in [0, 0.05) is 18.7 Å². The summed E-state index contributed by atoms with van der Waals surface area (Å²) in [5, 5.41) is 0. The van der Waals surface area contributed by atoms with Crippen LogP contribution >= 0.6 is 0 Å². The van der Waals surface area contributed by atoms with Crippen LogP contribution in [0.5, 0.6) is 0 Å². The predicted molar refractivity (Wildman–Crippen MR) is 82.6 cm³/mol. The van der Waals surface area contributed by atoms with E-state index in [-0.39, 0.29) is 0 Å². The molecule has 1 aromatic carbocycles. The van der Waals surface area contributed by atoms with E-state index in [4.69, 9.17) is 9.72 Å². The minimum absolute atomic E-state index is 0.575. The first-order valence-corrected chi connectivity index (χ1v) is 7.32. The van der Waals surface area contributed by atoms with E-state index in [9.17, 15) is 0 Å². The molecule has 2 aromatic rings. The molecule has 3 heteroatoms. The van der Waals surface area contributed by atoms with Crippen LogP contribution < -0.4 is 0 Å². The molecule has 0 N–H and O–H groups in total. The summed E-state index contributed by atoms with van der Waals surface area (Å²) in [6, 6.07) is 10.5. The van der Waals surface area contributed by atoms with Gasteiger partial charge in [-0.1, -0.05) is 44.2 Å². The van der Waals surface area contributed by atoms with Crippen molar-refractivity contribution in [2.24, 2.45) is 5.92 Å². The third kappa shape index (κ3) is 3.28. The minimum atomic E-state index is 0.575. The van der Waals surface area contributed by atoms with Crippen molar-refractivity contribution in [2.75, 3.05) is 6.61 Å². The fraction of sp³-hybridized carbons (Fsp3) is 0.471. The Hall–Kier alpha value is -1.61. The first-order chi connectivity index (χ1) is 9.63. The maximum atomic E-state index is 5.56. The molecule has 0 fully saturated rings. The summed E-state index contributed by atoms with van der Waals surface area (Å²) in [6.45, 7) is 10.8. The van der Waals surface area contributed by atoms with Crippen LogP contribution in [0.15, 0.2) is 30.3 Å². The number of hydrogen-bond donors (Lipinski definition) is 0. The summed E-state index contributed by atoms with van der Waals surface area (Å²) in [7, 11) is 0. The molecule has 1 aromatic heterocycles. The van der Waals surface area contributed by atoms with Crippen molar-refractivity contribution in [3.8, 4) is 11.3 Å². The van der Waals surface area contributed by atoms with E-state index in [1.165, 1.54) is 11.3 Å². The van der Waals surface area contributed by atoms with E-state index >= 15 is 0 Å². The molecular formula is C17H24N2O. The molecule has 0 aliphatic heterocycles. The van der Waals surface area contributed by atoms with Crippen LogP contribution in [0.4, 0.5) is 0 Å². The highest BCUT2D eigenvalue weighted by Gasteiger charge is 2.16. The largest absolute Gasteiger partial charge is 0.374 e. The normalized spacial score (nSPS) is 11.2. The lowest BCUT2D eigenvalue weighted by atomic mass is 10.1. The van der Waals surface area contributed by atoms with Crippen LogP contribution in [0.1, 0.15) is 32.3 Å². The van der Waals surface area contributed by atoms with Crippen molar-refractivity contribution in [3.63, 3.8) is 0 Å². The maximum absolute atomic E-state index is 5.56. The Labute approximate surface area is 121 Å². The highest BCUT2D eigenvalue weighted by atomic mass is 16.5. The fourth-order valence-corrected chi connectivity index (χ4v) is 2.46. The molecule has 0 spiro atoms. The lowest BCUT2D eigenvalue weighted by Gasteiger charge is -2.15. The van der Waals surface area contributed by atoms with Crippen LogP contribution in [0.3, 0.4) is 0 Å². The average molecular weight is 272 g/mol. The Balaban J connectivity index is 2.46. The Morgan fingerprint density at radius 2 is 1.90 bits per heavy atom. The molecule has 0 bridgehead atoms. The summed E-state index contributed by atoms with van der Waals surface area (Å²) in [5.41, 5.74) is 3.52. The molecule has 0 aliphatic rings. The number of rotatable bonds is 6. The standard InChI is InChI=1S/C17H24N2O/c1-5-20-12-16-18-14(4)17(19(16)11-13(2)3)15-9-7-6-8-10-15/h6-10,13H,5,11-12H2,1-4H3. The van der Waals surface area contributed by atoms with E-state index in [1.54, 1.807) is 0 Å². The topological polar surface area (TPSA) is 27.1 Å². The van der Waals surface area contributed by atoms with Crippen LogP contribution in [0, 0.1) is 12.8 Å². The van der Waals surface area contributed by atoms with Gasteiger partial charge in [0.1, 0.15) is 12.4 Å². The number of nitrogens with zero attached hydrogens (tertiary/aromatic N) is 2. The van der Waals surface area contributed by atoms with Crippen molar-refractivity contribution in [1.82, 2.24) is 9.55 Å². The predicted octanol–water partition coefficient (Wildman–Crippen LogP) is 4.05. The minimum Gasteiger partial charge on any atom is -0.374 e. The number of ether oxygens (including phenoxy) is 1. The van der Waals surface area contributed by atoms with Gasteiger partial charge in [-0.3, -0.25) is 0 Å². The second-order valence-electron chi connectivity index (χ2n) is 5.47. The van der Waals surface area contributed by atoms with Crippen molar-refractivity contribution in [3.05, 3.63) is 41.9 Å². The van der Waals surface area contributed by atoms with E-state index in [0.717, 1.165) is 18.1 Å². The van der Waals surface area contributed by atoms with Crippen molar-refractivity contribution >= 4 is 0 Å². The zero-order chi connectivity index (χ0) is 14.5. The van der Waals surface area contributed by atoms with E-state index in [1.807, 2.05) is 13.0 Å². The van der Waals surface area contributed by atoms with Gasteiger partial charge in [0.2, 0.25) is 0 Å². The Bertz CT molecular complexity index is 544. The van der Waals surface area contributed by atoms with Gasteiger partial charge in [0.05, 0.1) is 11.4 Å². The molecule has 0 atom stereocenters. The number of hydrogen-bond acceptors (Lipinski definition) is 2. The lowest BCUT2D eigenvalue weighted by molar-refractivity contribution is 0.125. The third-order valence-electron chi connectivity index (χ3n) is 3.25. The van der Waals surface area contributed by atoms with E-state index < -0.39 is 0 Å². The van der Waals surface area contributed by atoms with Gasteiger partial charge in [-0.25, -0.2) is 4.98 Å². The van der Waals surface area contributed by atoms with Crippen molar-refractivity contribution < 1.29 is 4.74 Å². The van der Waals surface area contributed by atoms with Gasteiger partial charge < -0.3 is 9.30 Å². The quantitative estimate of drug-likeness (QED) is 0.793. The SMILES string of the molecule is CCOCc1nc(C)c(-c2ccccc2)n1CC(C)C. The molecule has 1 heterocycles. The van der Waals surface area contributed by atoms with Gasteiger partial charge in [0.15, 0.2) is 0 Å². The summed E-state index contributed by atoms with van der Waals surface area (Å²) >= 11 is 0. The lowest BCUT2D eigenvalue weighted by Crippen LogP contribution is -2.11. The third-order valence-corrected chi connectivity index (χ3v) is 3.25. The number of aromatic nitrogens is 2. The average Bonchev–Trinajstić information content (AvgIpc) is 2.73. The monoisotopic (exact) mass is 272 g/mol. The van der Waals surface area contributed by atoms with Gasteiger partial charge in [0.25, 0.3) is 0 Å². The van der Waals surface area contributed by atoms with Crippen LogP contribution in [-0.2, 0) is 17.9 Å². The summed E-state index contributed by atoms with van der Waals surface area (Å²) in [4.78, 5) is 4.72. The fourth-order valence-electron chi connectivity index (χ4n) is 2.46. The molecule has 20 heavy (non-hydrogen) atoms. The molecule has 0 saturated heterocycles. The molecule has 108 valence electrons. The molecule has 0 saturated carbocycles. The molecule has 0 aliphatic carbocycles. The van der Waals surface area contributed by atoms with Gasteiger partial charge in [-0.15, -0.1) is 0 Å². The van der Waals surface area contributed by atoms with Crippen LogP contribution in [0.25, 0.3) is 11.3 Å². The molecule has 0 radical (unpaired) electrons. The zero-order valence-corrected chi connectivity index (χ0v) is 12.9. The second-order valence-corrected chi connectivity index (χ2v) is 5.47. The molecule has 2 rings (SSSR count). The van der Waals surface area contributed by atoms with E-state index in [2.05, 4.69) is 49.6 Å². The van der Waals surface area contributed by atoms with Crippen molar-refractivity contribution in [2.45, 2.75) is 40.8 Å². The summed E-state index contributed by atoms with van der Waals surface area (Å²) in [6.07, 6.45) is 0. The van der Waals surface area contributed by atoms with Crippen LogP contribution in [0.2, 0.25) is 0 Å². The van der Waals surface area contributed by atoms with E-state index in [0.29, 0.717) is 19.1 Å². The maximum Gasteiger partial charge on any atom is 0.135 e. The summed E-state index contributed by atoms with van der Waals surface area (Å²) < 4.78 is 7.87.